The van der Waals surface area contributed by atoms with Gasteiger partial charge in [-0.3, -0.25) is 14.6 Å². The van der Waals surface area contributed by atoms with E-state index in [0.717, 1.165) is 5.56 Å². The lowest BCUT2D eigenvalue weighted by Crippen LogP contribution is -2.54. The number of aliphatic imine (C=N–C) groups is 2. The molecule has 2 fully saturated rings. The van der Waals surface area contributed by atoms with Gasteiger partial charge in [0.1, 0.15) is 5.75 Å². The van der Waals surface area contributed by atoms with Crippen molar-refractivity contribution in [2.45, 2.75) is 30.8 Å². The first kappa shape index (κ1) is 31.5. The first-order chi connectivity index (χ1) is 20.8. The van der Waals surface area contributed by atoms with Crippen molar-refractivity contribution < 1.29 is 23.8 Å². The van der Waals surface area contributed by atoms with Gasteiger partial charge in [-0.15, -0.1) is 10.2 Å². The first-order valence-electron chi connectivity index (χ1n) is 13.2. The topological polar surface area (TPSA) is 245 Å². The number of nitrogens with zero attached hydrogens (tertiary/aromatic N) is 8. The molecule has 1 aromatic carbocycles. The van der Waals surface area contributed by atoms with Gasteiger partial charge in [0.25, 0.3) is 5.91 Å². The van der Waals surface area contributed by atoms with Gasteiger partial charge in [0, 0.05) is 20.2 Å². The molecule has 18 nitrogen and oxygen atoms in total. The predicted octanol–water partition coefficient (Wildman–Crippen LogP) is -0.361. The number of methoxy groups -OCH3 is 1. The lowest BCUT2D eigenvalue weighted by Gasteiger charge is -2.38. The van der Waals surface area contributed by atoms with Crippen LogP contribution >= 0.6 is 11.6 Å². The van der Waals surface area contributed by atoms with Gasteiger partial charge in [-0.2, -0.15) is 4.99 Å². The highest BCUT2D eigenvalue weighted by Crippen LogP contribution is 2.28. The molecule has 2 amide bonds. The largest absolute Gasteiger partial charge is 0.468 e. The van der Waals surface area contributed by atoms with Crippen LogP contribution in [0.15, 0.2) is 65.9 Å². The molecule has 232 valence electrons. The normalized spacial score (nSPS) is 21.0. The summed E-state index contributed by atoms with van der Waals surface area (Å²) < 4.78 is 15.7. The molecule has 0 aliphatic carbocycles. The zero-order valence-corrected chi connectivity index (χ0v) is 24.2. The van der Waals surface area contributed by atoms with Crippen LogP contribution in [0.3, 0.4) is 0 Å². The molecule has 3 aliphatic rings. The Morgan fingerprint density at radius 2 is 1.86 bits per heavy atom. The minimum absolute atomic E-state index is 0.0146. The Kier molecular flexibility index (Phi) is 10.8. The standard InChI is InChI=1S/C24H34ClN13O5/c1-41-10-11-42-14-43-16-4-2-15(3-5-16)12-17(39)37-8-6-24(7-9-37)13-38(28)23(32-24)31-22(40)18-20(33-35-26)30-21(34-36-27)19(25)29-18/h2-5,18,29H,6-14,28H2,1H3,(H2,27,34)(H2,26,30,33)(H,31,32,40). The Hall–Kier alpha value is -4.39. The highest BCUT2D eigenvalue weighted by molar-refractivity contribution is 6.30. The summed E-state index contributed by atoms with van der Waals surface area (Å²) >= 11 is 6.11. The molecule has 1 spiro atoms. The SMILES string of the molecule is COCCOCOc1ccc(CC(=O)N2CCC3(CC2)CN(N)/C(=N\C(=O)C2NC(Cl)=C(N=NN)N=C2N=NN)N3)cc1. The zero-order valence-electron chi connectivity index (χ0n) is 23.5. The van der Waals surface area contributed by atoms with Crippen LogP contribution in [0, 0.1) is 0 Å². The second kappa shape index (κ2) is 14.7. The second-order valence-electron chi connectivity index (χ2n) is 9.79. The Morgan fingerprint density at radius 1 is 1.14 bits per heavy atom. The van der Waals surface area contributed by atoms with E-state index in [-0.39, 0.29) is 41.9 Å². The van der Waals surface area contributed by atoms with Crippen LogP contribution in [0.2, 0.25) is 0 Å². The fraction of sp³-hybridized carbons (Fsp3) is 0.500. The molecule has 8 N–H and O–H groups in total. The number of benzene rings is 1. The van der Waals surface area contributed by atoms with E-state index in [1.807, 2.05) is 17.0 Å². The molecule has 1 unspecified atom stereocenters. The van der Waals surface area contributed by atoms with Gasteiger partial charge < -0.3 is 41.4 Å². The van der Waals surface area contributed by atoms with Crippen LogP contribution in [0.1, 0.15) is 18.4 Å². The van der Waals surface area contributed by atoms with Crippen LogP contribution in [-0.2, 0) is 25.5 Å². The quantitative estimate of drug-likeness (QED) is 0.0565. The van der Waals surface area contributed by atoms with Crippen molar-refractivity contribution in [2.24, 2.45) is 48.2 Å². The molecule has 43 heavy (non-hydrogen) atoms. The molecule has 0 saturated carbocycles. The summed E-state index contributed by atoms with van der Waals surface area (Å²) in [4.78, 5) is 36.0. The van der Waals surface area contributed by atoms with Gasteiger partial charge in [0.2, 0.25) is 17.7 Å². The Morgan fingerprint density at radius 3 is 2.53 bits per heavy atom. The van der Waals surface area contributed by atoms with Gasteiger partial charge in [-0.25, -0.2) is 10.8 Å². The third-order valence-electron chi connectivity index (χ3n) is 6.94. The van der Waals surface area contributed by atoms with Crippen LogP contribution < -0.4 is 32.9 Å². The van der Waals surface area contributed by atoms with Gasteiger partial charge in [0.05, 0.1) is 31.7 Å². The lowest BCUT2D eigenvalue weighted by atomic mass is 9.88. The second-order valence-corrected chi connectivity index (χ2v) is 10.2. The molecular weight excluding hydrogens is 586 g/mol. The monoisotopic (exact) mass is 619 g/mol. The summed E-state index contributed by atoms with van der Waals surface area (Å²) in [5, 5.41) is 20.8. The van der Waals surface area contributed by atoms with E-state index in [4.69, 9.17) is 43.3 Å². The predicted molar refractivity (Wildman–Crippen MR) is 154 cm³/mol. The van der Waals surface area contributed by atoms with Crippen molar-refractivity contribution in [3.8, 4) is 5.75 Å². The Balaban J connectivity index is 1.30. The summed E-state index contributed by atoms with van der Waals surface area (Å²) in [6.07, 6.45) is 1.47. The maximum atomic E-state index is 13.1. The number of likely N-dealkylation sites (tertiary alicyclic amines) is 1. The number of hydrogen-bond donors (Lipinski definition) is 5. The number of piperidine rings is 1. The van der Waals surface area contributed by atoms with E-state index in [2.05, 4.69) is 41.3 Å². The molecule has 1 atom stereocenters. The first-order valence-corrected chi connectivity index (χ1v) is 13.6. The molecular formula is C24H34ClN13O5. The molecule has 0 bridgehead atoms. The van der Waals surface area contributed by atoms with Gasteiger partial charge >= 0.3 is 0 Å². The molecule has 3 aliphatic heterocycles. The highest BCUT2D eigenvalue weighted by Gasteiger charge is 2.44. The number of amides is 2. The summed E-state index contributed by atoms with van der Waals surface area (Å²) in [5.41, 5.74) is 0.411. The van der Waals surface area contributed by atoms with Crippen LogP contribution in [0.4, 0.5) is 0 Å². The number of rotatable bonds is 10. The van der Waals surface area contributed by atoms with Crippen molar-refractivity contribution in [3.05, 3.63) is 40.8 Å². The molecule has 0 aromatic heterocycles. The van der Waals surface area contributed by atoms with E-state index in [0.29, 0.717) is 51.4 Å². The number of nitrogens with one attached hydrogen (secondary N) is 2. The number of hydrazine groups is 1. The minimum atomic E-state index is -1.20. The number of guanidine groups is 1. The van der Waals surface area contributed by atoms with Crippen molar-refractivity contribution in [3.63, 3.8) is 0 Å². The summed E-state index contributed by atoms with van der Waals surface area (Å²) in [6.45, 7) is 2.47. The van der Waals surface area contributed by atoms with Gasteiger partial charge in [0.15, 0.2) is 23.8 Å². The molecule has 0 radical (unpaired) electrons. The fourth-order valence-electron chi connectivity index (χ4n) is 4.69. The number of carbonyl (C=O) groups is 2. The minimum Gasteiger partial charge on any atom is -0.468 e. The smallest absolute Gasteiger partial charge is 0.279 e. The lowest BCUT2D eigenvalue weighted by molar-refractivity contribution is -0.132. The Labute approximate surface area is 251 Å². The average molecular weight is 620 g/mol. The third-order valence-corrected chi connectivity index (χ3v) is 7.21. The van der Waals surface area contributed by atoms with Gasteiger partial charge in [-0.05, 0) is 30.5 Å². The van der Waals surface area contributed by atoms with Crippen molar-refractivity contribution in [2.75, 3.05) is 46.8 Å². The summed E-state index contributed by atoms with van der Waals surface area (Å²) in [7, 11) is 1.60. The molecule has 3 heterocycles. The molecule has 1 aromatic rings. The number of halogens is 1. The van der Waals surface area contributed by atoms with E-state index in [1.165, 1.54) is 5.01 Å². The molecule has 2 saturated heterocycles. The summed E-state index contributed by atoms with van der Waals surface area (Å²) in [6, 6.07) is 6.12. The Bertz CT molecular complexity index is 1310. The molecule has 4 rings (SSSR count). The van der Waals surface area contributed by atoms with Crippen LogP contribution in [0.5, 0.6) is 5.75 Å². The molecule has 19 heteroatoms. The number of amidine groups is 1. The van der Waals surface area contributed by atoms with Crippen molar-refractivity contribution in [1.82, 2.24) is 20.5 Å². The van der Waals surface area contributed by atoms with Gasteiger partial charge in [-0.1, -0.05) is 34.2 Å². The van der Waals surface area contributed by atoms with E-state index in [1.54, 1.807) is 19.2 Å². The van der Waals surface area contributed by atoms with E-state index >= 15 is 0 Å². The number of nitrogens with two attached hydrogens (primary N) is 3. The zero-order chi connectivity index (χ0) is 30.8. The number of hydrogen-bond acceptors (Lipinski definition) is 12. The average Bonchev–Trinajstić information content (AvgIpc) is 3.29. The number of ether oxygens (including phenoxy) is 3. The van der Waals surface area contributed by atoms with Crippen molar-refractivity contribution in [1.29, 1.82) is 0 Å². The maximum absolute atomic E-state index is 13.1. The summed E-state index contributed by atoms with van der Waals surface area (Å²) in [5.74, 6) is 16.3. The number of carbonyl (C=O) groups excluding carboxylic acids is 2. The van der Waals surface area contributed by atoms with Crippen molar-refractivity contribution >= 4 is 35.2 Å². The maximum Gasteiger partial charge on any atom is 0.279 e. The van der Waals surface area contributed by atoms with E-state index in [9.17, 15) is 9.59 Å². The third kappa shape index (κ3) is 8.13. The van der Waals surface area contributed by atoms with Crippen LogP contribution in [0.25, 0.3) is 0 Å². The van der Waals surface area contributed by atoms with Crippen LogP contribution in [-0.4, -0.2) is 91.8 Å². The highest BCUT2D eigenvalue weighted by atomic mass is 35.5. The fourth-order valence-corrected chi connectivity index (χ4v) is 4.88. The van der Waals surface area contributed by atoms with E-state index < -0.39 is 17.5 Å².